The monoisotopic (exact) mass is 223 g/mol. The second-order valence-corrected chi connectivity index (χ2v) is 3.52. The predicted octanol–water partition coefficient (Wildman–Crippen LogP) is 1.50. The van der Waals surface area contributed by atoms with Crippen LogP contribution in [0, 0.1) is 11.3 Å². The van der Waals surface area contributed by atoms with Gasteiger partial charge in [-0.15, -0.1) is 0 Å². The summed E-state index contributed by atoms with van der Waals surface area (Å²) in [4.78, 5) is 11.3. The van der Waals surface area contributed by atoms with E-state index in [9.17, 15) is 4.79 Å². The number of hydrogen-bond donors (Lipinski definition) is 2. The van der Waals surface area contributed by atoms with Crippen LogP contribution in [0.4, 0.5) is 5.69 Å². The zero-order chi connectivity index (χ0) is 11.4. The quantitative estimate of drug-likeness (QED) is 0.798. The Balaban J connectivity index is 2.98. The first-order valence-corrected chi connectivity index (χ1v) is 4.68. The molecule has 4 nitrogen and oxygen atoms in total. The van der Waals surface area contributed by atoms with Crippen LogP contribution in [-0.2, 0) is 4.79 Å². The number of carbonyl (C=O) groups is 1. The molecule has 0 radical (unpaired) electrons. The minimum Gasteiger partial charge on any atom is -0.324 e. The molecule has 0 aliphatic heterocycles. The van der Waals surface area contributed by atoms with Crippen molar-refractivity contribution in [3.8, 4) is 6.07 Å². The van der Waals surface area contributed by atoms with Gasteiger partial charge in [0.1, 0.15) is 6.07 Å². The highest BCUT2D eigenvalue weighted by Gasteiger charge is 2.10. The molecule has 1 atom stereocenters. The lowest BCUT2D eigenvalue weighted by atomic mass is 10.2. The fourth-order valence-corrected chi connectivity index (χ4v) is 1.14. The summed E-state index contributed by atoms with van der Waals surface area (Å²) in [6.45, 7) is 1.56. The summed E-state index contributed by atoms with van der Waals surface area (Å²) < 4.78 is 0. The van der Waals surface area contributed by atoms with E-state index >= 15 is 0 Å². The molecule has 0 fully saturated rings. The zero-order valence-electron chi connectivity index (χ0n) is 8.12. The molecule has 0 bridgehead atoms. The highest BCUT2D eigenvalue weighted by atomic mass is 35.5. The Morgan fingerprint density at radius 2 is 2.33 bits per heavy atom. The summed E-state index contributed by atoms with van der Waals surface area (Å²) in [5, 5.41) is 11.8. The van der Waals surface area contributed by atoms with Crippen LogP contribution in [0.15, 0.2) is 18.2 Å². The normalized spacial score (nSPS) is 11.6. The first-order valence-electron chi connectivity index (χ1n) is 4.30. The number of nitrogens with zero attached hydrogens (tertiary/aromatic N) is 1. The average molecular weight is 224 g/mol. The van der Waals surface area contributed by atoms with E-state index in [4.69, 9.17) is 22.6 Å². The molecule has 5 heteroatoms. The highest BCUT2D eigenvalue weighted by molar-refractivity contribution is 6.31. The molecule has 0 saturated heterocycles. The summed E-state index contributed by atoms with van der Waals surface area (Å²) in [6.07, 6.45) is 0. The van der Waals surface area contributed by atoms with Gasteiger partial charge in [-0.3, -0.25) is 4.79 Å². The van der Waals surface area contributed by atoms with Crippen molar-refractivity contribution in [2.75, 3.05) is 5.32 Å². The molecule has 3 N–H and O–H groups in total. The summed E-state index contributed by atoms with van der Waals surface area (Å²) in [6, 6.07) is 5.96. The van der Waals surface area contributed by atoms with E-state index in [1.54, 1.807) is 19.1 Å². The maximum atomic E-state index is 11.3. The average Bonchev–Trinajstić information content (AvgIpc) is 2.18. The molecule has 1 aromatic rings. The second-order valence-electron chi connectivity index (χ2n) is 3.08. The first-order chi connectivity index (χ1) is 7.04. The molecule has 1 amide bonds. The third-order valence-corrected chi connectivity index (χ3v) is 2.01. The molecule has 1 aromatic carbocycles. The molecule has 0 unspecified atom stereocenters. The van der Waals surface area contributed by atoms with E-state index in [0.717, 1.165) is 0 Å². The van der Waals surface area contributed by atoms with E-state index in [0.29, 0.717) is 16.3 Å². The molecule has 0 aliphatic carbocycles. The lowest BCUT2D eigenvalue weighted by molar-refractivity contribution is -0.117. The number of amides is 1. The van der Waals surface area contributed by atoms with Gasteiger partial charge in [0.05, 0.1) is 17.3 Å². The first kappa shape index (κ1) is 11.5. The van der Waals surface area contributed by atoms with E-state index in [1.165, 1.54) is 6.07 Å². The molecule has 0 aliphatic rings. The van der Waals surface area contributed by atoms with Crippen LogP contribution in [0.3, 0.4) is 0 Å². The number of nitrogens with two attached hydrogens (primary N) is 1. The standard InChI is InChI=1S/C10H10ClN3O/c1-6(13)10(15)14-9-4-8(11)3-2-7(9)5-12/h2-4,6H,13H2,1H3,(H,14,15)/t6-/m1/s1. The number of benzene rings is 1. The molecular weight excluding hydrogens is 214 g/mol. The molecule has 0 aromatic heterocycles. The fourth-order valence-electron chi connectivity index (χ4n) is 0.964. The van der Waals surface area contributed by atoms with E-state index in [-0.39, 0.29) is 5.91 Å². The van der Waals surface area contributed by atoms with Crippen LogP contribution in [0.1, 0.15) is 12.5 Å². The van der Waals surface area contributed by atoms with Gasteiger partial charge in [0.25, 0.3) is 0 Å². The van der Waals surface area contributed by atoms with Crippen molar-refractivity contribution in [1.29, 1.82) is 5.26 Å². The predicted molar refractivity (Wildman–Crippen MR) is 58.4 cm³/mol. The molecule has 15 heavy (non-hydrogen) atoms. The summed E-state index contributed by atoms with van der Waals surface area (Å²) in [7, 11) is 0. The molecule has 0 heterocycles. The largest absolute Gasteiger partial charge is 0.324 e. The number of nitriles is 1. The summed E-state index contributed by atoms with van der Waals surface area (Å²) in [5.74, 6) is -0.353. The van der Waals surface area contributed by atoms with Gasteiger partial charge in [-0.2, -0.15) is 5.26 Å². The van der Waals surface area contributed by atoms with Crippen LogP contribution >= 0.6 is 11.6 Å². The van der Waals surface area contributed by atoms with Gasteiger partial charge in [0.2, 0.25) is 5.91 Å². The second kappa shape index (κ2) is 4.78. The number of carbonyl (C=O) groups excluding carboxylic acids is 1. The van der Waals surface area contributed by atoms with E-state index in [2.05, 4.69) is 5.32 Å². The van der Waals surface area contributed by atoms with E-state index < -0.39 is 6.04 Å². The maximum absolute atomic E-state index is 11.3. The number of anilines is 1. The molecular formula is C10H10ClN3O. The van der Waals surface area contributed by atoms with Crippen molar-refractivity contribution >= 4 is 23.2 Å². The molecule has 1 rings (SSSR count). The molecule has 78 valence electrons. The Bertz CT molecular complexity index is 423. The minimum absolute atomic E-state index is 0.353. The van der Waals surface area contributed by atoms with Gasteiger partial charge < -0.3 is 11.1 Å². The molecule has 0 saturated carbocycles. The van der Waals surface area contributed by atoms with Crippen molar-refractivity contribution in [2.45, 2.75) is 13.0 Å². The third kappa shape index (κ3) is 2.94. The Kier molecular flexibility index (Phi) is 3.67. The van der Waals surface area contributed by atoms with Crippen molar-refractivity contribution in [3.63, 3.8) is 0 Å². The van der Waals surface area contributed by atoms with Gasteiger partial charge in [-0.1, -0.05) is 11.6 Å². The van der Waals surface area contributed by atoms with Crippen molar-refractivity contribution in [3.05, 3.63) is 28.8 Å². The Morgan fingerprint density at radius 3 is 2.87 bits per heavy atom. The lowest BCUT2D eigenvalue weighted by Gasteiger charge is -2.09. The SMILES string of the molecule is C[C@@H](N)C(=O)Nc1cc(Cl)ccc1C#N. The topological polar surface area (TPSA) is 78.9 Å². The number of hydrogen-bond acceptors (Lipinski definition) is 3. The third-order valence-electron chi connectivity index (χ3n) is 1.77. The smallest absolute Gasteiger partial charge is 0.241 e. The Morgan fingerprint density at radius 1 is 1.67 bits per heavy atom. The van der Waals surface area contributed by atoms with Crippen LogP contribution in [-0.4, -0.2) is 11.9 Å². The number of halogens is 1. The minimum atomic E-state index is -0.629. The lowest BCUT2D eigenvalue weighted by Crippen LogP contribution is -2.32. The van der Waals surface area contributed by atoms with Gasteiger partial charge in [-0.25, -0.2) is 0 Å². The molecule has 0 spiro atoms. The number of nitrogens with one attached hydrogen (secondary N) is 1. The van der Waals surface area contributed by atoms with Gasteiger partial charge in [-0.05, 0) is 25.1 Å². The van der Waals surface area contributed by atoms with Gasteiger partial charge >= 0.3 is 0 Å². The summed E-state index contributed by atoms with van der Waals surface area (Å²) >= 11 is 5.74. The van der Waals surface area contributed by atoms with Crippen molar-refractivity contribution < 1.29 is 4.79 Å². The summed E-state index contributed by atoms with van der Waals surface area (Å²) in [5.41, 5.74) is 6.12. The van der Waals surface area contributed by atoms with Crippen molar-refractivity contribution in [2.24, 2.45) is 5.73 Å². The highest BCUT2D eigenvalue weighted by Crippen LogP contribution is 2.20. The van der Waals surface area contributed by atoms with Crippen LogP contribution in [0.2, 0.25) is 5.02 Å². The van der Waals surface area contributed by atoms with Crippen molar-refractivity contribution in [1.82, 2.24) is 0 Å². The Hall–Kier alpha value is -1.57. The maximum Gasteiger partial charge on any atom is 0.241 e. The van der Waals surface area contributed by atoms with E-state index in [1.807, 2.05) is 6.07 Å². The zero-order valence-corrected chi connectivity index (χ0v) is 8.88. The van der Waals surface area contributed by atoms with Crippen LogP contribution in [0.5, 0.6) is 0 Å². The van der Waals surface area contributed by atoms with Gasteiger partial charge in [0.15, 0.2) is 0 Å². The van der Waals surface area contributed by atoms with Crippen LogP contribution in [0.25, 0.3) is 0 Å². The Labute approximate surface area is 92.6 Å². The van der Waals surface area contributed by atoms with Gasteiger partial charge in [0, 0.05) is 5.02 Å². The van der Waals surface area contributed by atoms with Crippen LogP contribution < -0.4 is 11.1 Å². The fraction of sp³-hybridized carbons (Fsp3) is 0.200. The number of rotatable bonds is 2.